The number of anilines is 1. The number of carbonyl (C=O) groups excluding carboxylic acids is 2. The monoisotopic (exact) mass is 396 g/mol. The molecule has 3 rings (SSSR count). The van der Waals surface area contributed by atoms with Gasteiger partial charge in [-0.25, -0.2) is 4.79 Å². The average Bonchev–Trinajstić information content (AvgIpc) is 3.11. The van der Waals surface area contributed by atoms with Crippen LogP contribution in [-0.2, 0) is 11.2 Å². The lowest BCUT2D eigenvalue weighted by molar-refractivity contribution is -0.131. The van der Waals surface area contributed by atoms with Gasteiger partial charge in [-0.2, -0.15) is 0 Å². The normalized spacial score (nSPS) is 17.7. The number of nitrogens with two attached hydrogens (primary N) is 1. The average molecular weight is 396 g/mol. The molecule has 2 aromatic carbocycles. The van der Waals surface area contributed by atoms with Crippen molar-refractivity contribution in [3.63, 3.8) is 0 Å². The summed E-state index contributed by atoms with van der Waals surface area (Å²) in [4.78, 5) is 28.1. The first-order valence-corrected chi connectivity index (χ1v) is 9.79. The van der Waals surface area contributed by atoms with Crippen LogP contribution >= 0.6 is 0 Å². The summed E-state index contributed by atoms with van der Waals surface area (Å²) in [5, 5.41) is 12.4. The van der Waals surface area contributed by atoms with E-state index >= 15 is 0 Å². The number of amides is 3. The Labute approximate surface area is 171 Å². The minimum Gasteiger partial charge on any atom is -0.392 e. The van der Waals surface area contributed by atoms with E-state index in [0.717, 1.165) is 24.1 Å². The number of aliphatic hydroxyl groups excluding tert-OH is 1. The van der Waals surface area contributed by atoms with Crippen LogP contribution in [0.5, 0.6) is 0 Å². The highest BCUT2D eigenvalue weighted by molar-refractivity contribution is 5.88. The molecule has 154 valence electrons. The van der Waals surface area contributed by atoms with Gasteiger partial charge in [-0.05, 0) is 29.7 Å². The van der Waals surface area contributed by atoms with Crippen molar-refractivity contribution in [2.75, 3.05) is 32.0 Å². The number of nitrogens with one attached hydrogen (secondary N) is 1. The van der Waals surface area contributed by atoms with Crippen molar-refractivity contribution in [2.45, 2.75) is 25.0 Å². The molecular weight excluding hydrogens is 368 g/mol. The smallest absolute Gasteiger partial charge is 0.316 e. The molecule has 2 atom stereocenters. The van der Waals surface area contributed by atoms with Crippen LogP contribution in [0.15, 0.2) is 54.6 Å². The third-order valence-corrected chi connectivity index (χ3v) is 5.27. The van der Waals surface area contributed by atoms with Crippen LogP contribution < -0.4 is 11.1 Å². The highest BCUT2D eigenvalue weighted by Gasteiger charge is 2.28. The zero-order valence-corrected chi connectivity index (χ0v) is 16.6. The summed E-state index contributed by atoms with van der Waals surface area (Å²) >= 11 is 0. The Hall–Kier alpha value is -2.90. The Kier molecular flexibility index (Phi) is 6.85. The second-order valence-corrected chi connectivity index (χ2v) is 7.50. The molecule has 0 saturated carbocycles. The van der Waals surface area contributed by atoms with Crippen LogP contribution in [0.1, 0.15) is 23.6 Å². The molecule has 0 bridgehead atoms. The van der Waals surface area contributed by atoms with Crippen molar-refractivity contribution in [3.05, 3.63) is 65.7 Å². The first kappa shape index (κ1) is 20.8. The highest BCUT2D eigenvalue weighted by atomic mass is 16.3. The van der Waals surface area contributed by atoms with Crippen molar-refractivity contribution in [1.29, 1.82) is 0 Å². The molecule has 1 heterocycles. The van der Waals surface area contributed by atoms with Crippen LogP contribution in [0.4, 0.5) is 10.5 Å². The fraction of sp³-hybridized carbons (Fsp3) is 0.364. The van der Waals surface area contributed by atoms with Crippen LogP contribution in [0, 0.1) is 0 Å². The van der Waals surface area contributed by atoms with E-state index in [1.807, 2.05) is 43.4 Å². The van der Waals surface area contributed by atoms with Gasteiger partial charge in [0, 0.05) is 32.4 Å². The Morgan fingerprint density at radius 1 is 1.24 bits per heavy atom. The SMILES string of the molecule is CN(C(=O)Cc1cccc(NC(N)=O)c1)C(CN1CC[C@@H](O)C1)c1ccccc1. The maximum absolute atomic E-state index is 13.0. The molecule has 7 heteroatoms. The summed E-state index contributed by atoms with van der Waals surface area (Å²) < 4.78 is 0. The molecule has 1 unspecified atom stereocenters. The number of likely N-dealkylation sites (tertiary alicyclic amines) is 1. The van der Waals surface area contributed by atoms with Crippen molar-refractivity contribution in [2.24, 2.45) is 5.73 Å². The van der Waals surface area contributed by atoms with Gasteiger partial charge in [0.25, 0.3) is 0 Å². The van der Waals surface area contributed by atoms with Gasteiger partial charge in [-0.1, -0.05) is 42.5 Å². The second-order valence-electron chi connectivity index (χ2n) is 7.50. The molecule has 4 N–H and O–H groups in total. The van der Waals surface area contributed by atoms with Gasteiger partial charge in [0.05, 0.1) is 18.6 Å². The van der Waals surface area contributed by atoms with Gasteiger partial charge >= 0.3 is 6.03 Å². The zero-order chi connectivity index (χ0) is 20.8. The van der Waals surface area contributed by atoms with Crippen molar-refractivity contribution in [3.8, 4) is 0 Å². The van der Waals surface area contributed by atoms with Gasteiger partial charge in [-0.3, -0.25) is 9.69 Å². The van der Waals surface area contributed by atoms with Gasteiger partial charge in [0.2, 0.25) is 5.91 Å². The molecule has 1 aliphatic rings. The summed E-state index contributed by atoms with van der Waals surface area (Å²) in [7, 11) is 1.82. The quantitative estimate of drug-likeness (QED) is 0.666. The van der Waals surface area contributed by atoms with Crippen LogP contribution in [-0.4, -0.2) is 59.6 Å². The van der Waals surface area contributed by atoms with Gasteiger partial charge in [0.1, 0.15) is 0 Å². The predicted molar refractivity (Wildman–Crippen MR) is 112 cm³/mol. The van der Waals surface area contributed by atoms with Crippen LogP contribution in [0.25, 0.3) is 0 Å². The molecular formula is C22H28N4O3. The summed E-state index contributed by atoms with van der Waals surface area (Å²) in [6.07, 6.45) is 0.683. The number of hydrogen-bond acceptors (Lipinski definition) is 4. The molecule has 0 spiro atoms. The number of carbonyl (C=O) groups is 2. The molecule has 0 radical (unpaired) electrons. The van der Waals surface area contributed by atoms with E-state index in [1.54, 1.807) is 23.1 Å². The molecule has 2 aromatic rings. The Bertz CT molecular complexity index is 843. The number of hydrogen-bond donors (Lipinski definition) is 3. The molecule has 1 aliphatic heterocycles. The third-order valence-electron chi connectivity index (χ3n) is 5.27. The lowest BCUT2D eigenvalue weighted by Gasteiger charge is -2.32. The summed E-state index contributed by atoms with van der Waals surface area (Å²) in [6, 6.07) is 16.3. The van der Waals surface area contributed by atoms with E-state index in [2.05, 4.69) is 10.2 Å². The fourth-order valence-electron chi connectivity index (χ4n) is 3.72. The Morgan fingerprint density at radius 2 is 2.00 bits per heavy atom. The number of nitrogens with zero attached hydrogens (tertiary/aromatic N) is 2. The molecule has 29 heavy (non-hydrogen) atoms. The number of rotatable bonds is 7. The van der Waals surface area contributed by atoms with Crippen LogP contribution in [0.3, 0.4) is 0 Å². The standard InChI is InChI=1S/C22H28N4O3/c1-25(21(28)13-16-6-5-9-18(12-16)24-22(23)29)20(17-7-3-2-4-8-17)15-26-11-10-19(27)14-26/h2-9,12,19-20,27H,10-11,13-15H2,1H3,(H3,23,24,29)/t19-,20?/m1/s1. The van der Waals surface area contributed by atoms with E-state index in [9.17, 15) is 14.7 Å². The topological polar surface area (TPSA) is 98.9 Å². The van der Waals surface area contributed by atoms with Crippen molar-refractivity contribution < 1.29 is 14.7 Å². The van der Waals surface area contributed by atoms with Crippen LogP contribution in [0.2, 0.25) is 0 Å². The van der Waals surface area contributed by atoms with Gasteiger partial charge in [0.15, 0.2) is 0 Å². The molecule has 1 saturated heterocycles. The Morgan fingerprint density at radius 3 is 2.66 bits per heavy atom. The first-order valence-electron chi connectivity index (χ1n) is 9.79. The first-order chi connectivity index (χ1) is 13.9. The molecule has 0 aliphatic carbocycles. The third kappa shape index (κ3) is 5.79. The lowest BCUT2D eigenvalue weighted by atomic mass is 10.0. The lowest BCUT2D eigenvalue weighted by Crippen LogP contribution is -2.39. The molecule has 1 fully saturated rings. The molecule has 3 amide bonds. The van der Waals surface area contributed by atoms with E-state index < -0.39 is 6.03 Å². The Balaban J connectivity index is 1.73. The van der Waals surface area contributed by atoms with E-state index in [4.69, 9.17) is 5.73 Å². The summed E-state index contributed by atoms with van der Waals surface area (Å²) in [6.45, 7) is 2.13. The summed E-state index contributed by atoms with van der Waals surface area (Å²) in [5.41, 5.74) is 7.60. The minimum atomic E-state index is -0.637. The highest BCUT2D eigenvalue weighted by Crippen LogP contribution is 2.24. The fourth-order valence-corrected chi connectivity index (χ4v) is 3.72. The van der Waals surface area contributed by atoms with Crippen molar-refractivity contribution >= 4 is 17.6 Å². The number of urea groups is 1. The number of likely N-dealkylation sites (N-methyl/N-ethyl adjacent to an activating group) is 1. The van der Waals surface area contributed by atoms with Gasteiger partial charge < -0.3 is 21.1 Å². The number of primary amides is 1. The van der Waals surface area contributed by atoms with Gasteiger partial charge in [-0.15, -0.1) is 0 Å². The number of aliphatic hydroxyl groups is 1. The molecule has 7 nitrogen and oxygen atoms in total. The van der Waals surface area contributed by atoms with E-state index in [-0.39, 0.29) is 24.5 Å². The largest absolute Gasteiger partial charge is 0.392 e. The van der Waals surface area contributed by atoms with Crippen molar-refractivity contribution in [1.82, 2.24) is 9.80 Å². The maximum atomic E-state index is 13.0. The predicted octanol–water partition coefficient (Wildman–Crippen LogP) is 1.99. The summed E-state index contributed by atoms with van der Waals surface area (Å²) in [5.74, 6) is -0.0187. The van der Waals surface area contributed by atoms with E-state index in [1.165, 1.54) is 0 Å². The minimum absolute atomic E-state index is 0.0187. The van der Waals surface area contributed by atoms with E-state index in [0.29, 0.717) is 18.8 Å². The number of β-amino-alcohol motifs (C(OH)–C–C–N with tert-alkyl or cyclic N) is 1. The zero-order valence-electron chi connectivity index (χ0n) is 16.6. The second kappa shape index (κ2) is 9.54. The maximum Gasteiger partial charge on any atom is 0.316 e. The number of benzene rings is 2. The molecule has 0 aromatic heterocycles.